The Bertz CT molecular complexity index is 101. The van der Waals surface area contributed by atoms with Gasteiger partial charge in [-0.05, 0) is 39.4 Å². The van der Waals surface area contributed by atoms with Crippen LogP contribution in [0.2, 0.25) is 0 Å². The van der Waals surface area contributed by atoms with Gasteiger partial charge in [0, 0.05) is 5.54 Å². The van der Waals surface area contributed by atoms with E-state index in [1.165, 1.54) is 38.8 Å². The molecule has 1 aliphatic heterocycles. The highest BCUT2D eigenvalue weighted by molar-refractivity contribution is 4.90. The van der Waals surface area contributed by atoms with Gasteiger partial charge in [-0.2, -0.15) is 0 Å². The molecule has 1 heterocycles. The van der Waals surface area contributed by atoms with Crippen LogP contribution in [0.4, 0.5) is 0 Å². The van der Waals surface area contributed by atoms with Gasteiger partial charge < -0.3 is 10.6 Å². The van der Waals surface area contributed by atoms with Crippen LogP contribution in [0.3, 0.4) is 0 Å². The molecule has 13 heavy (non-hydrogen) atoms. The summed E-state index contributed by atoms with van der Waals surface area (Å²) in [6, 6.07) is 0. The van der Waals surface area contributed by atoms with E-state index in [4.69, 9.17) is 0 Å². The quantitative estimate of drug-likeness (QED) is 0.706. The molecule has 80 valence electrons. The molecule has 1 aliphatic rings. The number of hydrogen-bond donors (Lipinski definition) is 2. The Labute approximate surface area is 83.5 Å². The molecule has 0 aromatic heterocycles. The first-order chi connectivity index (χ1) is 6.33. The molecule has 0 atom stereocenters. The zero-order valence-corrected chi connectivity index (χ0v) is 9.74. The molecule has 0 aromatic carbocycles. The lowest BCUT2D eigenvalue weighted by Gasteiger charge is -2.37. The van der Waals surface area contributed by atoms with E-state index in [-0.39, 0.29) is 0 Å². The van der Waals surface area contributed by atoms with Crippen LogP contribution in [0, 0.1) is 0 Å². The monoisotopic (exact) mass is 186 g/mol. The van der Waals surface area contributed by atoms with Crippen molar-refractivity contribution in [3.8, 4) is 0 Å². The van der Waals surface area contributed by atoms with Crippen LogP contribution in [-0.4, -0.2) is 25.7 Å². The molecular formula is C11H26N2. The fourth-order valence-electron chi connectivity index (χ4n) is 2.01. The van der Waals surface area contributed by atoms with Crippen molar-refractivity contribution in [2.45, 2.75) is 52.0 Å². The van der Waals surface area contributed by atoms with Crippen molar-refractivity contribution >= 4 is 0 Å². The highest BCUT2D eigenvalue weighted by atomic mass is 15.0. The first kappa shape index (κ1) is 12.9. The molecule has 0 amide bonds. The van der Waals surface area contributed by atoms with Crippen LogP contribution >= 0.6 is 0 Å². The van der Waals surface area contributed by atoms with E-state index < -0.39 is 0 Å². The van der Waals surface area contributed by atoms with Crippen LogP contribution in [0.5, 0.6) is 0 Å². The standard InChI is InChI=1S/C9H20N2.C2H6/c1-3-4-9(10-2)5-7-11-8-6-9;1-2/h10-11H,3-8H2,1-2H3;1-2H3. The molecule has 2 nitrogen and oxygen atoms in total. The van der Waals surface area contributed by atoms with Gasteiger partial charge in [0.05, 0.1) is 0 Å². The minimum absolute atomic E-state index is 0.458. The van der Waals surface area contributed by atoms with Crippen LogP contribution < -0.4 is 10.6 Å². The van der Waals surface area contributed by atoms with Crippen LogP contribution in [-0.2, 0) is 0 Å². The van der Waals surface area contributed by atoms with E-state index in [9.17, 15) is 0 Å². The topological polar surface area (TPSA) is 24.1 Å². The SMILES string of the molecule is CC.CCCC1(NC)CCNCC1. The predicted molar refractivity (Wildman–Crippen MR) is 60.2 cm³/mol. The van der Waals surface area contributed by atoms with Gasteiger partial charge >= 0.3 is 0 Å². The highest BCUT2D eigenvalue weighted by Crippen LogP contribution is 2.22. The molecule has 0 unspecified atom stereocenters. The largest absolute Gasteiger partial charge is 0.317 e. The normalized spacial score (nSPS) is 20.3. The third-order valence-electron chi connectivity index (χ3n) is 2.82. The molecule has 0 spiro atoms. The Balaban J connectivity index is 0.000000671. The van der Waals surface area contributed by atoms with Crippen molar-refractivity contribution in [2.24, 2.45) is 0 Å². The summed E-state index contributed by atoms with van der Waals surface area (Å²) in [5.41, 5.74) is 0.458. The van der Waals surface area contributed by atoms with E-state index in [1.807, 2.05) is 13.8 Å². The van der Waals surface area contributed by atoms with Crippen molar-refractivity contribution in [3.63, 3.8) is 0 Å². The van der Waals surface area contributed by atoms with Crippen molar-refractivity contribution in [2.75, 3.05) is 20.1 Å². The van der Waals surface area contributed by atoms with Gasteiger partial charge in [-0.3, -0.25) is 0 Å². The Morgan fingerprint density at radius 1 is 1.23 bits per heavy atom. The lowest BCUT2D eigenvalue weighted by Crippen LogP contribution is -2.50. The van der Waals surface area contributed by atoms with Gasteiger partial charge in [-0.25, -0.2) is 0 Å². The van der Waals surface area contributed by atoms with Gasteiger partial charge in [0.1, 0.15) is 0 Å². The molecule has 1 fully saturated rings. The first-order valence-electron chi connectivity index (χ1n) is 5.72. The second-order valence-corrected chi connectivity index (χ2v) is 3.53. The van der Waals surface area contributed by atoms with Gasteiger partial charge in [0.15, 0.2) is 0 Å². The van der Waals surface area contributed by atoms with Gasteiger partial charge in [-0.1, -0.05) is 27.2 Å². The Morgan fingerprint density at radius 3 is 2.15 bits per heavy atom. The van der Waals surface area contributed by atoms with E-state index >= 15 is 0 Å². The third-order valence-corrected chi connectivity index (χ3v) is 2.82. The van der Waals surface area contributed by atoms with E-state index in [2.05, 4.69) is 24.6 Å². The average Bonchev–Trinajstić information content (AvgIpc) is 2.23. The summed E-state index contributed by atoms with van der Waals surface area (Å²) in [6.07, 6.45) is 5.20. The minimum atomic E-state index is 0.458. The predicted octanol–water partition coefficient (Wildman–Crippen LogP) is 2.15. The lowest BCUT2D eigenvalue weighted by atomic mass is 9.84. The maximum Gasteiger partial charge on any atom is 0.0202 e. The summed E-state index contributed by atoms with van der Waals surface area (Å²) < 4.78 is 0. The van der Waals surface area contributed by atoms with E-state index in [1.54, 1.807) is 0 Å². The smallest absolute Gasteiger partial charge is 0.0202 e. The summed E-state index contributed by atoms with van der Waals surface area (Å²) in [7, 11) is 2.10. The molecule has 2 heteroatoms. The number of hydrogen-bond acceptors (Lipinski definition) is 2. The first-order valence-corrected chi connectivity index (χ1v) is 5.72. The maximum absolute atomic E-state index is 3.48. The number of rotatable bonds is 3. The van der Waals surface area contributed by atoms with Crippen molar-refractivity contribution in [3.05, 3.63) is 0 Å². The molecular weight excluding hydrogens is 160 g/mol. The van der Waals surface area contributed by atoms with Crippen LogP contribution in [0.25, 0.3) is 0 Å². The van der Waals surface area contributed by atoms with Crippen molar-refractivity contribution in [1.82, 2.24) is 10.6 Å². The van der Waals surface area contributed by atoms with Crippen molar-refractivity contribution in [1.29, 1.82) is 0 Å². The van der Waals surface area contributed by atoms with Gasteiger partial charge in [0.25, 0.3) is 0 Å². The Hall–Kier alpha value is -0.0800. The summed E-state index contributed by atoms with van der Waals surface area (Å²) >= 11 is 0. The molecule has 1 saturated heterocycles. The Morgan fingerprint density at radius 2 is 1.77 bits per heavy atom. The number of nitrogens with one attached hydrogen (secondary N) is 2. The lowest BCUT2D eigenvalue weighted by molar-refractivity contribution is 0.240. The second kappa shape index (κ2) is 7.34. The zero-order chi connectivity index (χ0) is 10.2. The zero-order valence-electron chi connectivity index (χ0n) is 9.74. The molecule has 2 N–H and O–H groups in total. The van der Waals surface area contributed by atoms with Gasteiger partial charge in [0.2, 0.25) is 0 Å². The maximum atomic E-state index is 3.48. The third kappa shape index (κ3) is 4.10. The summed E-state index contributed by atoms with van der Waals surface area (Å²) in [6.45, 7) is 8.63. The molecule has 0 aromatic rings. The summed E-state index contributed by atoms with van der Waals surface area (Å²) in [5, 5.41) is 6.87. The molecule has 0 bridgehead atoms. The number of piperidine rings is 1. The average molecular weight is 186 g/mol. The second-order valence-electron chi connectivity index (χ2n) is 3.53. The molecule has 0 aliphatic carbocycles. The van der Waals surface area contributed by atoms with E-state index in [0.717, 1.165) is 0 Å². The van der Waals surface area contributed by atoms with Gasteiger partial charge in [-0.15, -0.1) is 0 Å². The van der Waals surface area contributed by atoms with E-state index in [0.29, 0.717) is 5.54 Å². The van der Waals surface area contributed by atoms with Crippen LogP contribution in [0.15, 0.2) is 0 Å². The summed E-state index contributed by atoms with van der Waals surface area (Å²) in [4.78, 5) is 0. The molecule has 0 saturated carbocycles. The molecule has 1 rings (SSSR count). The fourth-order valence-corrected chi connectivity index (χ4v) is 2.01. The Kier molecular flexibility index (Phi) is 7.29. The highest BCUT2D eigenvalue weighted by Gasteiger charge is 2.28. The van der Waals surface area contributed by atoms with Crippen LogP contribution in [0.1, 0.15) is 46.5 Å². The summed E-state index contributed by atoms with van der Waals surface area (Å²) in [5.74, 6) is 0. The fraction of sp³-hybridized carbons (Fsp3) is 1.00. The minimum Gasteiger partial charge on any atom is -0.317 e. The van der Waals surface area contributed by atoms with Crippen molar-refractivity contribution < 1.29 is 0 Å². The molecule has 0 radical (unpaired) electrons.